The van der Waals surface area contributed by atoms with Gasteiger partial charge in [0.2, 0.25) is 11.8 Å². The number of carbonyl (C=O) groups is 2. The lowest BCUT2D eigenvalue weighted by Gasteiger charge is -2.34. The Morgan fingerprint density at radius 1 is 1.12 bits per heavy atom. The van der Waals surface area contributed by atoms with Gasteiger partial charge in [0, 0.05) is 39.1 Å². The van der Waals surface area contributed by atoms with Crippen LogP contribution in [-0.2, 0) is 15.8 Å². The Hall–Kier alpha value is -2.13. The fourth-order valence-corrected chi connectivity index (χ4v) is 2.78. The molecule has 0 bridgehead atoms. The number of nitrogens with one attached hydrogen (secondary N) is 2. The summed E-state index contributed by atoms with van der Waals surface area (Å²) in [5, 5.41) is 5.26. The predicted molar refractivity (Wildman–Crippen MR) is 91.6 cm³/mol. The third-order valence-corrected chi connectivity index (χ3v) is 4.19. The minimum Gasteiger partial charge on any atom is -0.340 e. The largest absolute Gasteiger partial charge is 0.418 e. The molecule has 0 atom stereocenters. The van der Waals surface area contributed by atoms with Gasteiger partial charge >= 0.3 is 6.18 Å². The molecule has 1 heterocycles. The number of benzene rings is 1. The maximum Gasteiger partial charge on any atom is 0.418 e. The van der Waals surface area contributed by atoms with E-state index < -0.39 is 17.6 Å². The molecule has 2 rings (SSSR count). The van der Waals surface area contributed by atoms with E-state index in [9.17, 15) is 22.8 Å². The molecule has 2 N–H and O–H groups in total. The summed E-state index contributed by atoms with van der Waals surface area (Å²) < 4.78 is 38.9. The van der Waals surface area contributed by atoms with E-state index in [1.807, 2.05) is 4.90 Å². The molecule has 6 nitrogen and oxygen atoms in total. The Balaban J connectivity index is 1.84. The molecule has 1 aromatic carbocycles. The third kappa shape index (κ3) is 5.70. The van der Waals surface area contributed by atoms with Gasteiger partial charge in [-0.1, -0.05) is 12.1 Å². The van der Waals surface area contributed by atoms with Gasteiger partial charge in [-0.05, 0) is 19.2 Å². The SMILES string of the molecule is CNCCC(=O)N1CCN(CC(=O)Nc2ccccc2C(F)(F)F)CC1. The molecule has 0 spiro atoms. The average molecular weight is 372 g/mol. The molecule has 0 aromatic heterocycles. The van der Waals surface area contributed by atoms with Crippen molar-refractivity contribution in [3.8, 4) is 0 Å². The van der Waals surface area contributed by atoms with Crippen LogP contribution in [0.2, 0.25) is 0 Å². The highest BCUT2D eigenvalue weighted by atomic mass is 19.4. The number of hydrogen-bond acceptors (Lipinski definition) is 4. The predicted octanol–water partition coefficient (Wildman–Crippen LogP) is 1.40. The fourth-order valence-electron chi connectivity index (χ4n) is 2.78. The highest BCUT2D eigenvalue weighted by Gasteiger charge is 2.33. The van der Waals surface area contributed by atoms with Gasteiger partial charge in [0.15, 0.2) is 0 Å². The molecule has 0 unspecified atom stereocenters. The smallest absolute Gasteiger partial charge is 0.340 e. The van der Waals surface area contributed by atoms with Crippen LogP contribution < -0.4 is 10.6 Å². The number of carbonyl (C=O) groups excluding carboxylic acids is 2. The van der Waals surface area contributed by atoms with Crippen molar-refractivity contribution in [1.82, 2.24) is 15.1 Å². The molecule has 144 valence electrons. The third-order valence-electron chi connectivity index (χ3n) is 4.19. The Morgan fingerprint density at radius 3 is 2.38 bits per heavy atom. The van der Waals surface area contributed by atoms with E-state index >= 15 is 0 Å². The number of rotatable bonds is 6. The first-order chi connectivity index (χ1) is 12.3. The number of amides is 2. The molecule has 26 heavy (non-hydrogen) atoms. The van der Waals surface area contributed by atoms with Crippen LogP contribution in [0.4, 0.5) is 18.9 Å². The van der Waals surface area contributed by atoms with E-state index in [1.165, 1.54) is 18.2 Å². The Kier molecular flexibility index (Phi) is 6.98. The second-order valence-corrected chi connectivity index (χ2v) is 6.10. The maximum atomic E-state index is 13.0. The van der Waals surface area contributed by atoms with E-state index in [1.54, 1.807) is 11.9 Å². The Morgan fingerprint density at radius 2 is 1.77 bits per heavy atom. The second kappa shape index (κ2) is 9.00. The monoisotopic (exact) mass is 372 g/mol. The molecule has 1 fully saturated rings. The zero-order valence-electron chi connectivity index (χ0n) is 14.6. The second-order valence-electron chi connectivity index (χ2n) is 6.10. The van der Waals surface area contributed by atoms with Crippen LogP contribution in [0.15, 0.2) is 24.3 Å². The minimum absolute atomic E-state index is 0.00919. The van der Waals surface area contributed by atoms with Crippen molar-refractivity contribution in [2.24, 2.45) is 0 Å². The summed E-state index contributed by atoms with van der Waals surface area (Å²) in [5.41, 5.74) is -1.11. The average Bonchev–Trinajstić information content (AvgIpc) is 2.59. The van der Waals surface area contributed by atoms with Crippen molar-refractivity contribution >= 4 is 17.5 Å². The lowest BCUT2D eigenvalue weighted by molar-refractivity contribution is -0.137. The van der Waals surface area contributed by atoms with E-state index in [2.05, 4.69) is 10.6 Å². The molecule has 1 aliphatic heterocycles. The number of alkyl halides is 3. The van der Waals surface area contributed by atoms with Gasteiger partial charge < -0.3 is 15.5 Å². The van der Waals surface area contributed by atoms with Gasteiger partial charge in [0.05, 0.1) is 17.8 Å². The molecular formula is C17H23F3N4O2. The summed E-state index contributed by atoms with van der Waals surface area (Å²) in [6, 6.07) is 4.90. The van der Waals surface area contributed by atoms with Crippen molar-refractivity contribution < 1.29 is 22.8 Å². The molecule has 0 radical (unpaired) electrons. The highest BCUT2D eigenvalue weighted by Crippen LogP contribution is 2.34. The van der Waals surface area contributed by atoms with E-state index in [0.717, 1.165) is 6.07 Å². The lowest BCUT2D eigenvalue weighted by atomic mass is 10.1. The molecule has 2 amide bonds. The summed E-state index contributed by atoms with van der Waals surface area (Å²) in [6.45, 7) is 2.65. The van der Waals surface area contributed by atoms with E-state index in [0.29, 0.717) is 39.1 Å². The number of para-hydroxylation sites is 1. The lowest BCUT2D eigenvalue weighted by Crippen LogP contribution is -2.50. The number of nitrogens with zero attached hydrogens (tertiary/aromatic N) is 2. The molecule has 1 aliphatic rings. The van der Waals surface area contributed by atoms with Crippen molar-refractivity contribution in [1.29, 1.82) is 0 Å². The normalized spacial score (nSPS) is 15.8. The first-order valence-corrected chi connectivity index (χ1v) is 8.42. The van der Waals surface area contributed by atoms with Crippen LogP contribution in [0.5, 0.6) is 0 Å². The summed E-state index contributed by atoms with van der Waals surface area (Å²) in [5.74, 6) is -0.445. The molecule has 9 heteroatoms. The van der Waals surface area contributed by atoms with Gasteiger partial charge in [0.25, 0.3) is 0 Å². The summed E-state index contributed by atoms with van der Waals surface area (Å²) in [7, 11) is 1.78. The Labute approximate surface area is 150 Å². The van der Waals surface area contributed by atoms with Crippen LogP contribution in [0.1, 0.15) is 12.0 Å². The van der Waals surface area contributed by atoms with Crippen molar-refractivity contribution in [3.63, 3.8) is 0 Å². The van der Waals surface area contributed by atoms with Crippen LogP contribution >= 0.6 is 0 Å². The van der Waals surface area contributed by atoms with Crippen molar-refractivity contribution in [3.05, 3.63) is 29.8 Å². The quantitative estimate of drug-likeness (QED) is 0.792. The van der Waals surface area contributed by atoms with Gasteiger partial charge in [-0.2, -0.15) is 13.2 Å². The molecular weight excluding hydrogens is 349 g/mol. The van der Waals surface area contributed by atoms with Crippen molar-refractivity contribution in [2.45, 2.75) is 12.6 Å². The van der Waals surface area contributed by atoms with E-state index in [-0.39, 0.29) is 18.1 Å². The molecule has 0 saturated carbocycles. The molecule has 0 aliphatic carbocycles. The standard InChI is InChI=1S/C17H23F3N4O2/c1-21-7-6-16(26)24-10-8-23(9-11-24)12-15(25)22-14-5-3-2-4-13(14)17(18,19)20/h2-5,21H,6-12H2,1H3,(H,22,25). The fraction of sp³-hybridized carbons (Fsp3) is 0.529. The van der Waals surface area contributed by atoms with Gasteiger partial charge in [0.1, 0.15) is 0 Å². The van der Waals surface area contributed by atoms with Crippen LogP contribution in [0.25, 0.3) is 0 Å². The maximum absolute atomic E-state index is 13.0. The minimum atomic E-state index is -4.52. The first-order valence-electron chi connectivity index (χ1n) is 8.42. The highest BCUT2D eigenvalue weighted by molar-refractivity contribution is 5.93. The van der Waals surface area contributed by atoms with Gasteiger partial charge in [-0.15, -0.1) is 0 Å². The topological polar surface area (TPSA) is 64.7 Å². The molecule has 1 saturated heterocycles. The number of piperazine rings is 1. The van der Waals surface area contributed by atoms with Crippen LogP contribution in [-0.4, -0.2) is 67.9 Å². The van der Waals surface area contributed by atoms with Crippen molar-refractivity contribution in [2.75, 3.05) is 51.6 Å². The van der Waals surface area contributed by atoms with Gasteiger partial charge in [-0.3, -0.25) is 14.5 Å². The summed E-state index contributed by atoms with van der Waals surface area (Å²) in [6.07, 6.45) is -4.10. The summed E-state index contributed by atoms with van der Waals surface area (Å²) >= 11 is 0. The van der Waals surface area contributed by atoms with Crippen LogP contribution in [0, 0.1) is 0 Å². The number of anilines is 1. The zero-order chi connectivity index (χ0) is 19.2. The van der Waals surface area contributed by atoms with E-state index in [4.69, 9.17) is 0 Å². The van der Waals surface area contributed by atoms with Crippen LogP contribution in [0.3, 0.4) is 0 Å². The molecule has 1 aromatic rings. The zero-order valence-corrected chi connectivity index (χ0v) is 14.6. The Bertz CT molecular complexity index is 629. The number of hydrogen-bond donors (Lipinski definition) is 2. The number of halogens is 3. The van der Waals surface area contributed by atoms with Gasteiger partial charge in [-0.25, -0.2) is 0 Å². The summed E-state index contributed by atoms with van der Waals surface area (Å²) in [4.78, 5) is 27.6. The first kappa shape index (κ1) is 20.2.